The third kappa shape index (κ3) is 6.17. The zero-order valence-corrected chi connectivity index (χ0v) is 17.0. The number of nitrogens with one attached hydrogen (secondary N) is 1. The number of rotatable bonds is 9. The molecule has 8 nitrogen and oxygen atoms in total. The van der Waals surface area contributed by atoms with Gasteiger partial charge in [-0.1, -0.05) is 0 Å². The van der Waals surface area contributed by atoms with Crippen LogP contribution in [-0.4, -0.2) is 83.6 Å². The van der Waals surface area contributed by atoms with Crippen molar-refractivity contribution < 1.29 is 22.7 Å². The third-order valence-corrected chi connectivity index (χ3v) is 6.32. The van der Waals surface area contributed by atoms with E-state index in [1.807, 2.05) is 0 Å². The smallest absolute Gasteiger partial charge is 0.243 e. The molecule has 0 spiro atoms. The summed E-state index contributed by atoms with van der Waals surface area (Å²) in [6.07, 6.45) is 0.819. The van der Waals surface area contributed by atoms with Crippen molar-refractivity contribution in [3.8, 4) is 5.75 Å². The summed E-state index contributed by atoms with van der Waals surface area (Å²) in [7, 11) is -0.796. The molecule has 0 aromatic heterocycles. The van der Waals surface area contributed by atoms with Gasteiger partial charge >= 0.3 is 0 Å². The summed E-state index contributed by atoms with van der Waals surface area (Å²) in [6.45, 7) is 6.30. The first-order valence-electron chi connectivity index (χ1n) is 9.02. The van der Waals surface area contributed by atoms with Gasteiger partial charge in [-0.05, 0) is 43.7 Å². The Labute approximate surface area is 161 Å². The molecule has 1 heterocycles. The van der Waals surface area contributed by atoms with E-state index in [9.17, 15) is 13.2 Å². The van der Waals surface area contributed by atoms with Crippen molar-refractivity contribution in [1.82, 2.24) is 14.5 Å². The van der Waals surface area contributed by atoms with Gasteiger partial charge in [0, 0.05) is 26.7 Å². The van der Waals surface area contributed by atoms with Crippen molar-refractivity contribution in [3.05, 3.63) is 23.8 Å². The van der Waals surface area contributed by atoms with Gasteiger partial charge in [0.2, 0.25) is 15.9 Å². The maximum atomic E-state index is 12.6. The normalized spacial score (nSPS) is 15.7. The zero-order chi connectivity index (χ0) is 19.9. The summed E-state index contributed by atoms with van der Waals surface area (Å²) >= 11 is 0. The van der Waals surface area contributed by atoms with Gasteiger partial charge in [-0.15, -0.1) is 0 Å². The molecule has 9 heteroatoms. The van der Waals surface area contributed by atoms with E-state index in [1.54, 1.807) is 19.1 Å². The molecule has 1 saturated heterocycles. The van der Waals surface area contributed by atoms with Crippen molar-refractivity contribution in [3.63, 3.8) is 0 Å². The van der Waals surface area contributed by atoms with Gasteiger partial charge in [-0.2, -0.15) is 4.31 Å². The van der Waals surface area contributed by atoms with Crippen molar-refractivity contribution in [2.24, 2.45) is 0 Å². The van der Waals surface area contributed by atoms with Gasteiger partial charge < -0.3 is 14.8 Å². The largest absolute Gasteiger partial charge is 0.496 e. The van der Waals surface area contributed by atoms with E-state index in [-0.39, 0.29) is 17.3 Å². The number of carbonyl (C=O) groups excluding carboxylic acids is 1. The zero-order valence-electron chi connectivity index (χ0n) is 16.2. The van der Waals surface area contributed by atoms with Crippen LogP contribution in [0.5, 0.6) is 5.75 Å². The number of likely N-dealkylation sites (N-methyl/N-ethyl adjacent to an activating group) is 1. The molecule has 1 aromatic rings. The molecule has 1 N–H and O–H groups in total. The number of amides is 1. The number of ether oxygens (including phenoxy) is 2. The third-order valence-electron chi connectivity index (χ3n) is 4.52. The maximum absolute atomic E-state index is 12.6. The number of hydrogen-bond acceptors (Lipinski definition) is 6. The average Bonchev–Trinajstić information content (AvgIpc) is 2.66. The Hall–Kier alpha value is -1.68. The van der Waals surface area contributed by atoms with Gasteiger partial charge in [0.15, 0.2) is 0 Å². The van der Waals surface area contributed by atoms with Gasteiger partial charge in [0.05, 0.1) is 31.8 Å². The van der Waals surface area contributed by atoms with Crippen LogP contribution in [0.25, 0.3) is 0 Å². The second-order valence-electron chi connectivity index (χ2n) is 6.55. The van der Waals surface area contributed by atoms with Crippen molar-refractivity contribution in [1.29, 1.82) is 0 Å². The van der Waals surface area contributed by atoms with Crippen LogP contribution in [0.2, 0.25) is 0 Å². The molecule has 27 heavy (non-hydrogen) atoms. The molecule has 1 aliphatic rings. The van der Waals surface area contributed by atoms with Crippen LogP contribution in [0.3, 0.4) is 0 Å². The number of methoxy groups -OCH3 is 1. The molecular formula is C18H29N3O5S. The quantitative estimate of drug-likeness (QED) is 0.607. The average molecular weight is 400 g/mol. The number of nitrogens with zero attached hydrogens (tertiary/aromatic N) is 2. The molecule has 1 fully saturated rings. The highest BCUT2D eigenvalue weighted by atomic mass is 32.2. The van der Waals surface area contributed by atoms with E-state index >= 15 is 0 Å². The fourth-order valence-electron chi connectivity index (χ4n) is 2.89. The number of hydrogen-bond donors (Lipinski definition) is 1. The van der Waals surface area contributed by atoms with E-state index in [2.05, 4.69) is 10.2 Å². The van der Waals surface area contributed by atoms with E-state index in [0.717, 1.165) is 49.1 Å². The summed E-state index contributed by atoms with van der Waals surface area (Å²) in [5, 5.41) is 2.78. The van der Waals surface area contributed by atoms with Crippen LogP contribution in [0.1, 0.15) is 12.0 Å². The molecule has 152 valence electrons. The van der Waals surface area contributed by atoms with Crippen LogP contribution in [0.4, 0.5) is 0 Å². The molecule has 0 aliphatic carbocycles. The maximum Gasteiger partial charge on any atom is 0.243 e. The first-order chi connectivity index (χ1) is 12.8. The molecule has 0 unspecified atom stereocenters. The lowest BCUT2D eigenvalue weighted by molar-refractivity contribution is -0.121. The summed E-state index contributed by atoms with van der Waals surface area (Å²) < 4.78 is 36.8. The van der Waals surface area contributed by atoms with Gasteiger partial charge in [-0.3, -0.25) is 9.69 Å². The lowest BCUT2D eigenvalue weighted by Gasteiger charge is -2.26. The number of morpholine rings is 1. The molecule has 1 aliphatic heterocycles. The van der Waals surface area contributed by atoms with E-state index < -0.39 is 10.0 Å². The number of aryl methyl sites for hydroxylation is 1. The van der Waals surface area contributed by atoms with Crippen LogP contribution >= 0.6 is 0 Å². The molecule has 0 atom stereocenters. The van der Waals surface area contributed by atoms with Crippen LogP contribution in [0, 0.1) is 6.92 Å². The highest BCUT2D eigenvalue weighted by Gasteiger charge is 2.23. The van der Waals surface area contributed by atoms with E-state index in [0.29, 0.717) is 12.3 Å². The summed E-state index contributed by atoms with van der Waals surface area (Å²) in [5.41, 5.74) is 0.722. The fraction of sp³-hybridized carbons (Fsp3) is 0.611. The van der Waals surface area contributed by atoms with Gasteiger partial charge in [0.25, 0.3) is 0 Å². The number of benzene rings is 1. The van der Waals surface area contributed by atoms with Crippen LogP contribution in [0.15, 0.2) is 23.1 Å². The molecule has 0 saturated carbocycles. The van der Waals surface area contributed by atoms with Gasteiger partial charge in [-0.25, -0.2) is 8.42 Å². The monoisotopic (exact) mass is 399 g/mol. The summed E-state index contributed by atoms with van der Waals surface area (Å²) in [5.74, 6) is 0.308. The lowest BCUT2D eigenvalue weighted by Crippen LogP contribution is -2.40. The Morgan fingerprint density at radius 3 is 2.67 bits per heavy atom. The Bertz CT molecular complexity index is 733. The van der Waals surface area contributed by atoms with E-state index in [4.69, 9.17) is 9.47 Å². The first kappa shape index (κ1) is 21.6. The minimum atomic E-state index is -3.73. The molecule has 0 radical (unpaired) electrons. The molecule has 1 aromatic carbocycles. The lowest BCUT2D eigenvalue weighted by atomic mass is 10.2. The Kier molecular flexibility index (Phi) is 8.03. The topological polar surface area (TPSA) is 88.2 Å². The Morgan fingerprint density at radius 1 is 1.33 bits per heavy atom. The minimum absolute atomic E-state index is 0.142. The molecule has 2 rings (SSSR count). The fourth-order valence-corrected chi connectivity index (χ4v) is 4.10. The van der Waals surface area contributed by atoms with Crippen molar-refractivity contribution >= 4 is 15.9 Å². The van der Waals surface area contributed by atoms with Crippen LogP contribution in [-0.2, 0) is 19.6 Å². The minimum Gasteiger partial charge on any atom is -0.496 e. The van der Waals surface area contributed by atoms with Crippen molar-refractivity contribution in [2.75, 3.05) is 60.1 Å². The summed E-state index contributed by atoms with van der Waals surface area (Å²) in [4.78, 5) is 14.5. The standard InChI is InChI=1S/C18H29N3O5S/c1-15-13-16(5-6-17(15)25-3)27(23,24)20(2)14-18(22)19-7-4-8-21-9-11-26-12-10-21/h5-6,13H,4,7-12,14H2,1-3H3,(H,19,22). The SMILES string of the molecule is COc1ccc(S(=O)(=O)N(C)CC(=O)NCCCN2CCOCC2)cc1C. The second-order valence-corrected chi connectivity index (χ2v) is 8.59. The molecular weight excluding hydrogens is 370 g/mol. The van der Waals surface area contributed by atoms with E-state index in [1.165, 1.54) is 20.2 Å². The molecule has 1 amide bonds. The second kappa shape index (κ2) is 10.0. The van der Waals surface area contributed by atoms with Crippen LogP contribution < -0.4 is 10.1 Å². The predicted molar refractivity (Wildman–Crippen MR) is 102 cm³/mol. The van der Waals surface area contributed by atoms with Crippen molar-refractivity contribution in [2.45, 2.75) is 18.2 Å². The highest BCUT2D eigenvalue weighted by Crippen LogP contribution is 2.23. The highest BCUT2D eigenvalue weighted by molar-refractivity contribution is 7.89. The summed E-state index contributed by atoms with van der Waals surface area (Å²) in [6, 6.07) is 4.64. The first-order valence-corrected chi connectivity index (χ1v) is 10.5. The molecule has 0 bridgehead atoms. The number of carbonyl (C=O) groups is 1. The Morgan fingerprint density at radius 2 is 2.04 bits per heavy atom. The predicted octanol–water partition coefficient (Wildman–Crippen LogP) is 0.463. The van der Waals surface area contributed by atoms with Gasteiger partial charge in [0.1, 0.15) is 5.75 Å². The Balaban J connectivity index is 1.81. The number of sulfonamides is 1.